The summed E-state index contributed by atoms with van der Waals surface area (Å²) in [5.41, 5.74) is 0.162. The largest absolute Gasteiger partial charge is 0.385 e. The number of hydrogen-bond donors (Lipinski definition) is 0. The Morgan fingerprint density at radius 1 is 1.00 bits per heavy atom. The second-order valence-electron chi connectivity index (χ2n) is 6.70. The highest BCUT2D eigenvalue weighted by atomic mass is 16.5. The molecule has 0 unspecified atom stereocenters. The Bertz CT molecular complexity index is 278. The lowest BCUT2D eigenvalue weighted by molar-refractivity contribution is -0.135. The molecule has 0 aromatic carbocycles. The molecular formula is C17H34N2O2. The van der Waals surface area contributed by atoms with E-state index < -0.39 is 0 Å². The molecule has 0 saturated carbocycles. The van der Waals surface area contributed by atoms with E-state index in [-0.39, 0.29) is 5.60 Å². The molecule has 2 aliphatic heterocycles. The second-order valence-corrected chi connectivity index (χ2v) is 6.70. The number of ether oxygens (including phenoxy) is 2. The minimum absolute atomic E-state index is 0.162. The van der Waals surface area contributed by atoms with Gasteiger partial charge in [0.1, 0.15) is 0 Å². The molecule has 0 atom stereocenters. The molecule has 2 fully saturated rings. The molecule has 4 nitrogen and oxygen atoms in total. The lowest BCUT2D eigenvalue weighted by Crippen LogP contribution is -2.57. The molecule has 2 aliphatic rings. The summed E-state index contributed by atoms with van der Waals surface area (Å²) in [7, 11) is 1.79. The van der Waals surface area contributed by atoms with E-state index >= 15 is 0 Å². The van der Waals surface area contributed by atoms with Crippen LogP contribution in [0.4, 0.5) is 0 Å². The maximum absolute atomic E-state index is 6.22. The highest BCUT2D eigenvalue weighted by Gasteiger charge is 2.39. The van der Waals surface area contributed by atoms with E-state index in [0.717, 1.165) is 26.3 Å². The van der Waals surface area contributed by atoms with Gasteiger partial charge in [-0.25, -0.2) is 0 Å². The first-order valence-corrected chi connectivity index (χ1v) is 8.85. The van der Waals surface area contributed by atoms with Gasteiger partial charge in [0.05, 0.1) is 12.2 Å². The Balaban J connectivity index is 1.68. The van der Waals surface area contributed by atoms with Crippen molar-refractivity contribution in [3.05, 3.63) is 0 Å². The summed E-state index contributed by atoms with van der Waals surface area (Å²) in [4.78, 5) is 5.23. The highest BCUT2D eigenvalue weighted by molar-refractivity contribution is 4.92. The molecule has 0 amide bonds. The van der Waals surface area contributed by atoms with Crippen molar-refractivity contribution in [3.63, 3.8) is 0 Å². The van der Waals surface area contributed by atoms with Gasteiger partial charge in [-0.1, -0.05) is 6.92 Å². The zero-order valence-corrected chi connectivity index (χ0v) is 14.1. The summed E-state index contributed by atoms with van der Waals surface area (Å²) in [6.45, 7) is 11.3. The first kappa shape index (κ1) is 17.2. The van der Waals surface area contributed by atoms with Crippen LogP contribution in [0, 0.1) is 0 Å². The summed E-state index contributed by atoms with van der Waals surface area (Å²) in [6.07, 6.45) is 7.46. The number of hydrogen-bond acceptors (Lipinski definition) is 4. The SMILES string of the molecule is CCCN1CCC2(CC1)CN(CCCCCOC)CCO2. The molecular weight excluding hydrogens is 264 g/mol. The van der Waals surface area contributed by atoms with Crippen LogP contribution in [0.2, 0.25) is 0 Å². The Labute approximate surface area is 130 Å². The number of rotatable bonds is 8. The molecule has 0 bridgehead atoms. The van der Waals surface area contributed by atoms with Gasteiger partial charge >= 0.3 is 0 Å². The predicted octanol–water partition coefficient (Wildman–Crippen LogP) is 2.38. The molecule has 0 aromatic heterocycles. The Morgan fingerprint density at radius 2 is 1.81 bits per heavy atom. The topological polar surface area (TPSA) is 24.9 Å². The van der Waals surface area contributed by atoms with E-state index in [2.05, 4.69) is 16.7 Å². The molecule has 0 N–H and O–H groups in total. The third-order valence-electron chi connectivity index (χ3n) is 4.96. The lowest BCUT2D eigenvalue weighted by atomic mass is 9.89. The van der Waals surface area contributed by atoms with Crippen LogP contribution < -0.4 is 0 Å². The number of nitrogens with zero attached hydrogens (tertiary/aromatic N) is 2. The third-order valence-corrected chi connectivity index (χ3v) is 4.96. The van der Waals surface area contributed by atoms with Crippen LogP contribution in [-0.4, -0.2) is 75.0 Å². The Kier molecular flexibility index (Phi) is 7.44. The molecule has 21 heavy (non-hydrogen) atoms. The molecule has 124 valence electrons. The van der Waals surface area contributed by atoms with Gasteiger partial charge in [0.2, 0.25) is 0 Å². The molecule has 2 rings (SSSR count). The number of likely N-dealkylation sites (tertiary alicyclic amines) is 1. The van der Waals surface area contributed by atoms with Crippen LogP contribution in [-0.2, 0) is 9.47 Å². The van der Waals surface area contributed by atoms with Crippen molar-refractivity contribution in [2.75, 3.05) is 59.6 Å². The smallest absolute Gasteiger partial charge is 0.0833 e. The summed E-state index contributed by atoms with van der Waals surface area (Å²) < 4.78 is 11.3. The van der Waals surface area contributed by atoms with E-state index in [1.807, 2.05) is 0 Å². The number of methoxy groups -OCH3 is 1. The summed E-state index contributed by atoms with van der Waals surface area (Å²) >= 11 is 0. The summed E-state index contributed by atoms with van der Waals surface area (Å²) in [6, 6.07) is 0. The van der Waals surface area contributed by atoms with E-state index in [1.165, 1.54) is 64.7 Å². The van der Waals surface area contributed by atoms with Crippen molar-refractivity contribution < 1.29 is 9.47 Å². The van der Waals surface area contributed by atoms with Gasteiger partial charge in [-0.2, -0.15) is 0 Å². The van der Waals surface area contributed by atoms with Crippen LogP contribution in [0.3, 0.4) is 0 Å². The summed E-state index contributed by atoms with van der Waals surface area (Å²) in [5, 5.41) is 0. The fourth-order valence-corrected chi connectivity index (χ4v) is 3.68. The van der Waals surface area contributed by atoms with E-state index in [4.69, 9.17) is 9.47 Å². The van der Waals surface area contributed by atoms with Gasteiger partial charge in [-0.05, 0) is 51.6 Å². The minimum atomic E-state index is 0.162. The van der Waals surface area contributed by atoms with Gasteiger partial charge in [0, 0.05) is 39.9 Å². The molecule has 0 radical (unpaired) electrons. The normalized spacial score (nSPS) is 23.7. The van der Waals surface area contributed by atoms with Crippen LogP contribution >= 0.6 is 0 Å². The fourth-order valence-electron chi connectivity index (χ4n) is 3.68. The fraction of sp³-hybridized carbons (Fsp3) is 1.00. The zero-order valence-electron chi connectivity index (χ0n) is 14.1. The Morgan fingerprint density at radius 3 is 2.52 bits per heavy atom. The van der Waals surface area contributed by atoms with Gasteiger partial charge in [0.25, 0.3) is 0 Å². The van der Waals surface area contributed by atoms with Crippen LogP contribution in [0.25, 0.3) is 0 Å². The van der Waals surface area contributed by atoms with E-state index in [9.17, 15) is 0 Å². The predicted molar refractivity (Wildman–Crippen MR) is 86.8 cm³/mol. The average Bonchev–Trinajstić information content (AvgIpc) is 2.50. The van der Waals surface area contributed by atoms with E-state index in [1.54, 1.807) is 7.11 Å². The van der Waals surface area contributed by atoms with Crippen molar-refractivity contribution >= 4 is 0 Å². The van der Waals surface area contributed by atoms with Crippen LogP contribution in [0.1, 0.15) is 45.4 Å². The first-order valence-electron chi connectivity index (χ1n) is 8.85. The third kappa shape index (κ3) is 5.51. The van der Waals surface area contributed by atoms with Crippen molar-refractivity contribution in [1.82, 2.24) is 9.80 Å². The van der Waals surface area contributed by atoms with E-state index in [0.29, 0.717) is 0 Å². The number of morpholine rings is 1. The molecule has 0 aromatic rings. The van der Waals surface area contributed by atoms with Crippen molar-refractivity contribution in [1.29, 1.82) is 0 Å². The van der Waals surface area contributed by atoms with Gasteiger partial charge in [0.15, 0.2) is 0 Å². The summed E-state index contributed by atoms with van der Waals surface area (Å²) in [5.74, 6) is 0. The first-order chi connectivity index (χ1) is 10.3. The second kappa shape index (κ2) is 9.09. The zero-order chi connectivity index (χ0) is 15.0. The van der Waals surface area contributed by atoms with Gasteiger partial charge < -0.3 is 14.4 Å². The van der Waals surface area contributed by atoms with Crippen LogP contribution in [0.15, 0.2) is 0 Å². The number of unbranched alkanes of at least 4 members (excludes halogenated alkanes) is 2. The lowest BCUT2D eigenvalue weighted by Gasteiger charge is -2.47. The quantitative estimate of drug-likeness (QED) is 0.642. The van der Waals surface area contributed by atoms with Crippen molar-refractivity contribution in [2.45, 2.75) is 51.0 Å². The molecule has 4 heteroatoms. The maximum atomic E-state index is 6.22. The molecule has 1 spiro atoms. The standard InChI is InChI=1S/C17H34N2O2/c1-3-9-18-11-7-17(8-12-18)16-19(13-15-21-17)10-5-4-6-14-20-2/h3-16H2,1-2H3. The molecule has 0 aliphatic carbocycles. The molecule has 2 saturated heterocycles. The van der Waals surface area contributed by atoms with Crippen molar-refractivity contribution in [2.24, 2.45) is 0 Å². The maximum Gasteiger partial charge on any atom is 0.0833 e. The number of piperidine rings is 1. The monoisotopic (exact) mass is 298 g/mol. The van der Waals surface area contributed by atoms with Gasteiger partial charge in [-0.15, -0.1) is 0 Å². The minimum Gasteiger partial charge on any atom is -0.385 e. The van der Waals surface area contributed by atoms with Gasteiger partial charge in [-0.3, -0.25) is 4.90 Å². The average molecular weight is 298 g/mol. The molecule has 2 heterocycles. The Hall–Kier alpha value is -0.160. The van der Waals surface area contributed by atoms with Crippen LogP contribution in [0.5, 0.6) is 0 Å². The van der Waals surface area contributed by atoms with Crippen molar-refractivity contribution in [3.8, 4) is 0 Å². The highest BCUT2D eigenvalue weighted by Crippen LogP contribution is 2.30.